The van der Waals surface area contributed by atoms with E-state index in [1.165, 1.54) is 0 Å². The number of methoxy groups -OCH3 is 1. The molecule has 1 rings (SSSR count). The van der Waals surface area contributed by atoms with E-state index in [2.05, 4.69) is 32.8 Å². The molecule has 0 saturated heterocycles. The SMILES string of the molecule is CCCc1nc(C(C)(C)OC)nc(N)c1Br. The Kier molecular flexibility index (Phi) is 4.27. The van der Waals surface area contributed by atoms with Crippen molar-refractivity contribution in [3.8, 4) is 0 Å². The first-order valence-electron chi connectivity index (χ1n) is 5.30. The molecule has 4 nitrogen and oxygen atoms in total. The van der Waals surface area contributed by atoms with Crippen molar-refractivity contribution in [3.63, 3.8) is 0 Å². The molecule has 0 aliphatic heterocycles. The summed E-state index contributed by atoms with van der Waals surface area (Å²) in [4.78, 5) is 8.76. The van der Waals surface area contributed by atoms with Gasteiger partial charge in [0.2, 0.25) is 0 Å². The molecule has 0 bridgehead atoms. The Balaban J connectivity index is 3.23. The number of rotatable bonds is 4. The molecule has 90 valence electrons. The average Bonchev–Trinajstić information content (AvgIpc) is 2.24. The van der Waals surface area contributed by atoms with Crippen LogP contribution < -0.4 is 5.73 Å². The van der Waals surface area contributed by atoms with Crippen LogP contribution in [0.25, 0.3) is 0 Å². The number of halogens is 1. The summed E-state index contributed by atoms with van der Waals surface area (Å²) in [6.45, 7) is 5.95. The average molecular weight is 288 g/mol. The molecular formula is C11H18BrN3O. The molecule has 0 amide bonds. The van der Waals surface area contributed by atoms with Gasteiger partial charge in [0.1, 0.15) is 11.4 Å². The van der Waals surface area contributed by atoms with Crippen LogP contribution in [0.5, 0.6) is 0 Å². The van der Waals surface area contributed by atoms with Gasteiger partial charge in [0.15, 0.2) is 5.82 Å². The highest BCUT2D eigenvalue weighted by Crippen LogP contribution is 2.27. The lowest BCUT2D eigenvalue weighted by molar-refractivity contribution is 0.0114. The highest BCUT2D eigenvalue weighted by atomic mass is 79.9. The van der Waals surface area contributed by atoms with Gasteiger partial charge in [0.05, 0.1) is 10.2 Å². The van der Waals surface area contributed by atoms with E-state index in [1.807, 2.05) is 13.8 Å². The minimum absolute atomic E-state index is 0.471. The van der Waals surface area contributed by atoms with E-state index >= 15 is 0 Å². The zero-order chi connectivity index (χ0) is 12.3. The minimum Gasteiger partial charge on any atom is -0.383 e. The molecule has 0 aliphatic carbocycles. The van der Waals surface area contributed by atoms with Gasteiger partial charge in [0.25, 0.3) is 0 Å². The van der Waals surface area contributed by atoms with Gasteiger partial charge in [-0.15, -0.1) is 0 Å². The van der Waals surface area contributed by atoms with Crippen LogP contribution in [-0.2, 0) is 16.8 Å². The van der Waals surface area contributed by atoms with Crippen molar-refractivity contribution in [3.05, 3.63) is 16.0 Å². The summed E-state index contributed by atoms with van der Waals surface area (Å²) in [5.41, 5.74) is 6.27. The number of nitrogen functional groups attached to an aromatic ring is 1. The lowest BCUT2D eigenvalue weighted by Gasteiger charge is -2.22. The zero-order valence-electron chi connectivity index (χ0n) is 10.2. The minimum atomic E-state index is -0.517. The van der Waals surface area contributed by atoms with Gasteiger partial charge in [-0.1, -0.05) is 13.3 Å². The number of hydrogen-bond acceptors (Lipinski definition) is 4. The number of nitrogens with zero attached hydrogens (tertiary/aromatic N) is 2. The predicted molar refractivity (Wildman–Crippen MR) is 68.2 cm³/mol. The number of aryl methyl sites for hydroxylation is 1. The van der Waals surface area contributed by atoms with Crippen LogP contribution in [0.3, 0.4) is 0 Å². The van der Waals surface area contributed by atoms with Crippen LogP contribution in [0.1, 0.15) is 38.7 Å². The molecule has 0 fully saturated rings. The van der Waals surface area contributed by atoms with E-state index < -0.39 is 5.60 Å². The van der Waals surface area contributed by atoms with E-state index in [0.717, 1.165) is 23.0 Å². The Labute approximate surface area is 105 Å². The highest BCUT2D eigenvalue weighted by molar-refractivity contribution is 9.10. The number of aromatic nitrogens is 2. The van der Waals surface area contributed by atoms with Gasteiger partial charge in [-0.05, 0) is 36.2 Å². The molecule has 0 saturated carbocycles. The lowest BCUT2D eigenvalue weighted by atomic mass is 10.1. The standard InChI is InChI=1S/C11H18BrN3O/c1-5-6-7-8(12)9(13)15-10(14-7)11(2,3)16-4/h5-6H2,1-4H3,(H2,13,14,15). The van der Waals surface area contributed by atoms with Gasteiger partial charge >= 0.3 is 0 Å². The molecule has 0 spiro atoms. The van der Waals surface area contributed by atoms with Crippen LogP contribution in [0.4, 0.5) is 5.82 Å². The first kappa shape index (κ1) is 13.4. The molecule has 2 N–H and O–H groups in total. The van der Waals surface area contributed by atoms with E-state index in [-0.39, 0.29) is 0 Å². The van der Waals surface area contributed by atoms with Crippen LogP contribution in [0.2, 0.25) is 0 Å². The topological polar surface area (TPSA) is 61.0 Å². The van der Waals surface area contributed by atoms with Gasteiger partial charge in [-0.25, -0.2) is 9.97 Å². The van der Waals surface area contributed by atoms with Gasteiger partial charge in [0, 0.05) is 7.11 Å². The normalized spacial score (nSPS) is 11.8. The summed E-state index contributed by atoms with van der Waals surface area (Å²) in [6.07, 6.45) is 1.89. The van der Waals surface area contributed by atoms with E-state index in [1.54, 1.807) is 7.11 Å². The summed E-state index contributed by atoms with van der Waals surface area (Å²) >= 11 is 3.41. The summed E-state index contributed by atoms with van der Waals surface area (Å²) in [5, 5.41) is 0. The Bertz CT molecular complexity index is 380. The smallest absolute Gasteiger partial charge is 0.162 e. The number of nitrogens with two attached hydrogens (primary N) is 1. The molecule has 0 atom stereocenters. The largest absolute Gasteiger partial charge is 0.383 e. The van der Waals surface area contributed by atoms with Crippen LogP contribution >= 0.6 is 15.9 Å². The van der Waals surface area contributed by atoms with Crippen molar-refractivity contribution in [1.29, 1.82) is 0 Å². The fourth-order valence-corrected chi connectivity index (χ4v) is 1.65. The van der Waals surface area contributed by atoms with E-state index in [4.69, 9.17) is 10.5 Å². The van der Waals surface area contributed by atoms with Crippen LogP contribution in [0, 0.1) is 0 Å². The Morgan fingerprint density at radius 3 is 2.50 bits per heavy atom. The summed E-state index contributed by atoms with van der Waals surface area (Å²) in [6, 6.07) is 0. The van der Waals surface area contributed by atoms with Crippen molar-refractivity contribution in [2.75, 3.05) is 12.8 Å². The fourth-order valence-electron chi connectivity index (χ4n) is 1.28. The Morgan fingerprint density at radius 2 is 2.00 bits per heavy atom. The van der Waals surface area contributed by atoms with E-state index in [0.29, 0.717) is 11.6 Å². The lowest BCUT2D eigenvalue weighted by Crippen LogP contribution is -2.24. The summed E-state index contributed by atoms with van der Waals surface area (Å²) < 4.78 is 6.15. The highest BCUT2D eigenvalue weighted by Gasteiger charge is 2.25. The van der Waals surface area contributed by atoms with Gasteiger partial charge < -0.3 is 10.5 Å². The number of anilines is 1. The predicted octanol–water partition coefficient (Wildman–Crippen LogP) is 2.66. The third-order valence-corrected chi connectivity index (χ3v) is 3.34. The number of hydrogen-bond donors (Lipinski definition) is 1. The Morgan fingerprint density at radius 1 is 1.38 bits per heavy atom. The van der Waals surface area contributed by atoms with Gasteiger partial charge in [-0.3, -0.25) is 0 Å². The fraction of sp³-hybridized carbons (Fsp3) is 0.636. The molecule has 16 heavy (non-hydrogen) atoms. The van der Waals surface area contributed by atoms with Crippen LogP contribution in [0.15, 0.2) is 4.47 Å². The van der Waals surface area contributed by atoms with Crippen molar-refractivity contribution >= 4 is 21.7 Å². The first-order chi connectivity index (χ1) is 7.42. The molecule has 0 radical (unpaired) electrons. The molecule has 0 aliphatic rings. The second kappa shape index (κ2) is 5.10. The quantitative estimate of drug-likeness (QED) is 0.925. The summed E-state index contributed by atoms with van der Waals surface area (Å²) in [7, 11) is 1.64. The molecule has 1 aromatic heterocycles. The Hall–Kier alpha value is -0.680. The third-order valence-electron chi connectivity index (χ3n) is 2.48. The molecule has 5 heteroatoms. The van der Waals surface area contributed by atoms with Crippen molar-refractivity contribution in [2.24, 2.45) is 0 Å². The monoisotopic (exact) mass is 287 g/mol. The molecular weight excluding hydrogens is 270 g/mol. The molecule has 1 heterocycles. The molecule has 0 unspecified atom stereocenters. The van der Waals surface area contributed by atoms with Crippen molar-refractivity contribution < 1.29 is 4.74 Å². The summed E-state index contributed by atoms with van der Waals surface area (Å²) in [5.74, 6) is 1.10. The second-order valence-corrected chi connectivity index (χ2v) is 4.95. The second-order valence-electron chi connectivity index (χ2n) is 4.16. The maximum Gasteiger partial charge on any atom is 0.162 e. The molecule has 0 aromatic carbocycles. The van der Waals surface area contributed by atoms with E-state index in [9.17, 15) is 0 Å². The zero-order valence-corrected chi connectivity index (χ0v) is 11.8. The van der Waals surface area contributed by atoms with Gasteiger partial charge in [-0.2, -0.15) is 0 Å². The third kappa shape index (κ3) is 2.71. The molecule has 1 aromatic rings. The maximum absolute atomic E-state index is 5.85. The maximum atomic E-state index is 5.85. The first-order valence-corrected chi connectivity index (χ1v) is 6.09. The number of ether oxygens (including phenoxy) is 1. The van der Waals surface area contributed by atoms with Crippen molar-refractivity contribution in [2.45, 2.75) is 39.2 Å². The van der Waals surface area contributed by atoms with Crippen LogP contribution in [-0.4, -0.2) is 17.1 Å². The van der Waals surface area contributed by atoms with Crippen molar-refractivity contribution in [1.82, 2.24) is 9.97 Å².